The summed E-state index contributed by atoms with van der Waals surface area (Å²) in [5.41, 5.74) is 4.58. The molecule has 2 N–H and O–H groups in total. The smallest absolute Gasteiger partial charge is 0.394 e. The van der Waals surface area contributed by atoms with Gasteiger partial charge in [-0.1, -0.05) is 30.3 Å². The third-order valence-corrected chi connectivity index (χ3v) is 4.19. The maximum absolute atomic E-state index is 12.9. The van der Waals surface area contributed by atoms with Gasteiger partial charge < -0.3 is 15.0 Å². The van der Waals surface area contributed by atoms with Crippen LogP contribution in [0.4, 0.5) is 18.9 Å². The minimum Gasteiger partial charge on any atom is -0.394 e. The number of hydrogen-bond donors (Lipinski definition) is 1. The summed E-state index contributed by atoms with van der Waals surface area (Å²) in [5.74, 6) is 0. The first-order valence-electron chi connectivity index (χ1n) is 7.59. The van der Waals surface area contributed by atoms with Crippen LogP contribution >= 0.6 is 0 Å². The van der Waals surface area contributed by atoms with E-state index < -0.39 is 23.0 Å². The van der Waals surface area contributed by atoms with Crippen molar-refractivity contribution in [3.8, 4) is 0 Å². The third kappa shape index (κ3) is 3.46. The van der Waals surface area contributed by atoms with Gasteiger partial charge in [0.25, 0.3) is 5.56 Å². The first-order valence-corrected chi connectivity index (χ1v) is 7.59. The van der Waals surface area contributed by atoms with Crippen LogP contribution in [0.25, 0.3) is 0 Å². The van der Waals surface area contributed by atoms with Crippen LogP contribution in [0.1, 0.15) is 30.0 Å². The van der Waals surface area contributed by atoms with Gasteiger partial charge in [-0.05, 0) is 24.5 Å². The zero-order valence-electron chi connectivity index (χ0n) is 12.8. The predicted octanol–water partition coefficient (Wildman–Crippen LogP) is 3.37. The summed E-state index contributed by atoms with van der Waals surface area (Å²) in [7, 11) is 0. The number of halogens is 3. The molecular formula is C17H17F3N2O2. The van der Waals surface area contributed by atoms with Crippen molar-refractivity contribution < 1.29 is 17.9 Å². The quantitative estimate of drug-likeness (QED) is 0.930. The number of alkyl halides is 3. The molecule has 1 aliphatic carbocycles. The summed E-state index contributed by atoms with van der Waals surface area (Å²) in [6.07, 6.45) is -2.77. The Labute approximate surface area is 136 Å². The highest BCUT2D eigenvalue weighted by molar-refractivity contribution is 5.39. The van der Waals surface area contributed by atoms with E-state index >= 15 is 0 Å². The average molecular weight is 338 g/mol. The van der Waals surface area contributed by atoms with Gasteiger partial charge in [-0.25, -0.2) is 0 Å². The summed E-state index contributed by atoms with van der Waals surface area (Å²) in [6, 6.07) is 9.97. The first-order chi connectivity index (χ1) is 11.3. The number of anilines is 1. The van der Waals surface area contributed by atoms with E-state index in [1.54, 1.807) is 0 Å². The highest BCUT2D eigenvalue weighted by Crippen LogP contribution is 2.36. The fourth-order valence-electron chi connectivity index (χ4n) is 2.74. The lowest BCUT2D eigenvalue weighted by Gasteiger charge is -2.36. The van der Waals surface area contributed by atoms with Crippen molar-refractivity contribution in [3.63, 3.8) is 0 Å². The number of nitrogen functional groups attached to an aromatic ring is 1. The normalized spacial score (nSPS) is 20.6. The molecule has 1 fully saturated rings. The number of aromatic nitrogens is 1. The largest absolute Gasteiger partial charge is 0.417 e. The Morgan fingerprint density at radius 2 is 1.88 bits per heavy atom. The van der Waals surface area contributed by atoms with Gasteiger partial charge in [0, 0.05) is 12.2 Å². The fraction of sp³-hybridized carbons (Fsp3) is 0.353. The van der Waals surface area contributed by atoms with Crippen LogP contribution in [0, 0.1) is 0 Å². The molecule has 0 saturated heterocycles. The summed E-state index contributed by atoms with van der Waals surface area (Å²) in [6.45, 7) is 0.442. The first kappa shape index (κ1) is 16.6. The molecule has 7 heteroatoms. The molecule has 1 aromatic carbocycles. The van der Waals surface area contributed by atoms with Crippen LogP contribution in [0.5, 0.6) is 0 Å². The Hall–Kier alpha value is -2.28. The van der Waals surface area contributed by atoms with Crippen LogP contribution in [-0.4, -0.2) is 10.7 Å². The molecule has 0 spiro atoms. The second-order valence-electron chi connectivity index (χ2n) is 5.94. The van der Waals surface area contributed by atoms with E-state index in [0.717, 1.165) is 16.3 Å². The van der Waals surface area contributed by atoms with E-state index in [2.05, 4.69) is 0 Å². The highest BCUT2D eigenvalue weighted by atomic mass is 19.4. The van der Waals surface area contributed by atoms with Crippen molar-refractivity contribution in [2.45, 2.75) is 37.8 Å². The lowest BCUT2D eigenvalue weighted by molar-refractivity contribution is -0.138. The molecule has 4 nitrogen and oxygen atoms in total. The van der Waals surface area contributed by atoms with Gasteiger partial charge in [0.15, 0.2) is 0 Å². The van der Waals surface area contributed by atoms with Crippen molar-refractivity contribution >= 4 is 5.69 Å². The summed E-state index contributed by atoms with van der Waals surface area (Å²) >= 11 is 0. The number of ether oxygens (including phenoxy) is 1. The lowest BCUT2D eigenvalue weighted by Crippen LogP contribution is -2.39. The molecule has 0 aliphatic heterocycles. The number of rotatable bonds is 4. The Morgan fingerprint density at radius 3 is 2.50 bits per heavy atom. The molecule has 24 heavy (non-hydrogen) atoms. The van der Waals surface area contributed by atoms with E-state index in [1.165, 1.54) is 0 Å². The Morgan fingerprint density at radius 1 is 1.21 bits per heavy atom. The number of hydrogen-bond acceptors (Lipinski definition) is 3. The van der Waals surface area contributed by atoms with Gasteiger partial charge >= 0.3 is 6.18 Å². The van der Waals surface area contributed by atoms with Gasteiger partial charge in [0.1, 0.15) is 0 Å². The molecule has 0 radical (unpaired) electrons. The van der Waals surface area contributed by atoms with E-state index in [1.807, 2.05) is 30.3 Å². The Bertz CT molecular complexity index is 766. The molecule has 1 saturated carbocycles. The topological polar surface area (TPSA) is 57.2 Å². The Kier molecular flexibility index (Phi) is 4.36. The molecule has 1 heterocycles. The third-order valence-electron chi connectivity index (χ3n) is 4.19. The number of pyridine rings is 1. The molecule has 128 valence electrons. The van der Waals surface area contributed by atoms with Crippen molar-refractivity contribution in [3.05, 3.63) is 64.1 Å². The molecular weight excluding hydrogens is 321 g/mol. The minimum atomic E-state index is -4.53. The zero-order chi connectivity index (χ0) is 17.3. The monoisotopic (exact) mass is 338 g/mol. The maximum atomic E-state index is 12.9. The summed E-state index contributed by atoms with van der Waals surface area (Å²) < 4.78 is 45.4. The van der Waals surface area contributed by atoms with Crippen molar-refractivity contribution in [2.24, 2.45) is 0 Å². The second kappa shape index (κ2) is 6.32. The lowest BCUT2D eigenvalue weighted by atomic mass is 9.88. The maximum Gasteiger partial charge on any atom is 0.417 e. The second-order valence-corrected chi connectivity index (χ2v) is 5.94. The fourth-order valence-corrected chi connectivity index (χ4v) is 2.74. The van der Waals surface area contributed by atoms with Gasteiger partial charge in [-0.3, -0.25) is 4.79 Å². The highest BCUT2D eigenvalue weighted by Gasteiger charge is 2.36. The number of nitrogens with two attached hydrogens (primary N) is 1. The van der Waals surface area contributed by atoms with Crippen LogP contribution < -0.4 is 11.3 Å². The minimum absolute atomic E-state index is 0.0714. The van der Waals surface area contributed by atoms with Crippen LogP contribution in [0.3, 0.4) is 0 Å². The molecule has 0 bridgehead atoms. The van der Waals surface area contributed by atoms with Crippen LogP contribution in [-0.2, 0) is 17.5 Å². The molecule has 1 aliphatic rings. The summed E-state index contributed by atoms with van der Waals surface area (Å²) in [4.78, 5) is 12.0. The zero-order valence-corrected chi connectivity index (χ0v) is 12.8. The van der Waals surface area contributed by atoms with Crippen molar-refractivity contribution in [1.29, 1.82) is 0 Å². The average Bonchev–Trinajstić information content (AvgIpc) is 2.49. The van der Waals surface area contributed by atoms with Gasteiger partial charge in [-0.2, -0.15) is 13.2 Å². The van der Waals surface area contributed by atoms with Crippen LogP contribution in [0.2, 0.25) is 0 Å². The van der Waals surface area contributed by atoms with E-state index in [9.17, 15) is 18.0 Å². The van der Waals surface area contributed by atoms with E-state index in [-0.39, 0.29) is 12.1 Å². The van der Waals surface area contributed by atoms with E-state index in [4.69, 9.17) is 10.5 Å². The van der Waals surface area contributed by atoms with Gasteiger partial charge in [-0.15, -0.1) is 0 Å². The van der Waals surface area contributed by atoms with E-state index in [0.29, 0.717) is 25.5 Å². The number of benzene rings is 1. The molecule has 3 rings (SSSR count). The van der Waals surface area contributed by atoms with Crippen molar-refractivity contribution in [1.82, 2.24) is 4.57 Å². The Balaban J connectivity index is 1.65. The van der Waals surface area contributed by atoms with Gasteiger partial charge in [0.2, 0.25) is 0 Å². The van der Waals surface area contributed by atoms with Crippen molar-refractivity contribution in [2.75, 3.05) is 5.73 Å². The predicted molar refractivity (Wildman–Crippen MR) is 83.4 cm³/mol. The standard InChI is InChI=1S/C17H17F3N2O2/c18-17(19,20)12-6-15(21)16(23)22(9-12)13-7-14(8-13)24-10-11-4-2-1-3-5-11/h1-6,9,13-14H,7-8,10,21H2/t13-,14-. The molecule has 0 amide bonds. The SMILES string of the molecule is Nc1cc(C(F)(F)F)cn([C@H]2C[C@H](OCc3ccccc3)C2)c1=O. The van der Waals surface area contributed by atoms with Gasteiger partial charge in [0.05, 0.1) is 24.0 Å². The summed E-state index contributed by atoms with van der Waals surface area (Å²) in [5, 5.41) is 0. The molecule has 2 aromatic rings. The molecule has 1 aromatic heterocycles. The molecule has 0 unspecified atom stereocenters. The number of nitrogens with zero attached hydrogens (tertiary/aromatic N) is 1. The molecule has 0 atom stereocenters. The van der Waals surface area contributed by atoms with Crippen LogP contribution in [0.15, 0.2) is 47.4 Å².